The highest BCUT2D eigenvalue weighted by Crippen LogP contribution is 2.44. The number of hydrogen-bond donors (Lipinski definition) is 0. The molecule has 0 spiro atoms. The van der Waals surface area contributed by atoms with Crippen molar-refractivity contribution < 1.29 is 4.79 Å². The van der Waals surface area contributed by atoms with Gasteiger partial charge in [-0.1, -0.05) is 49.5 Å². The van der Waals surface area contributed by atoms with Crippen LogP contribution >= 0.6 is 23.2 Å². The van der Waals surface area contributed by atoms with Gasteiger partial charge in [0.05, 0.1) is 16.1 Å². The Labute approximate surface area is 129 Å². The van der Waals surface area contributed by atoms with Crippen molar-refractivity contribution in [3.05, 3.63) is 33.8 Å². The van der Waals surface area contributed by atoms with Crippen molar-refractivity contribution >= 4 is 29.0 Å². The van der Waals surface area contributed by atoms with Crippen molar-refractivity contribution in [2.24, 2.45) is 10.8 Å². The van der Waals surface area contributed by atoms with Crippen molar-refractivity contribution in [1.29, 1.82) is 5.26 Å². The number of carbonyl (C=O) groups excluding carboxylic acids is 1. The number of benzene rings is 1. The molecule has 2 rings (SSSR count). The summed E-state index contributed by atoms with van der Waals surface area (Å²) in [5.41, 5.74) is -0.477. The van der Waals surface area contributed by atoms with Gasteiger partial charge in [0.1, 0.15) is 5.41 Å². The Hall–Kier alpha value is -1.04. The molecule has 0 heterocycles. The van der Waals surface area contributed by atoms with E-state index in [4.69, 9.17) is 23.2 Å². The lowest BCUT2D eigenvalue weighted by atomic mass is 9.61. The van der Waals surface area contributed by atoms with E-state index in [9.17, 15) is 10.1 Å². The predicted molar refractivity (Wildman–Crippen MR) is 80.9 cm³/mol. The number of halogens is 2. The second kappa shape index (κ2) is 5.39. The molecule has 2 nitrogen and oxygen atoms in total. The highest BCUT2D eigenvalue weighted by Gasteiger charge is 2.48. The maximum absolute atomic E-state index is 12.7. The average molecular weight is 310 g/mol. The van der Waals surface area contributed by atoms with E-state index in [1.807, 2.05) is 19.9 Å². The topological polar surface area (TPSA) is 40.9 Å². The molecule has 1 unspecified atom stereocenters. The summed E-state index contributed by atoms with van der Waals surface area (Å²) in [5, 5.41) is 10.5. The smallest absolute Gasteiger partial charge is 0.158 e. The summed E-state index contributed by atoms with van der Waals surface area (Å²) in [7, 11) is 0. The second-order valence-corrected chi connectivity index (χ2v) is 7.00. The van der Waals surface area contributed by atoms with Gasteiger partial charge in [-0.05, 0) is 37.0 Å². The highest BCUT2D eigenvalue weighted by atomic mass is 35.5. The second-order valence-electron chi connectivity index (χ2n) is 6.19. The molecule has 1 aromatic rings. The molecule has 1 fully saturated rings. The first-order valence-corrected chi connectivity index (χ1v) is 7.46. The summed E-state index contributed by atoms with van der Waals surface area (Å²) in [6, 6.07) is 7.57. The molecule has 0 amide bonds. The third kappa shape index (κ3) is 2.71. The van der Waals surface area contributed by atoms with Gasteiger partial charge in [-0.3, -0.25) is 4.79 Å². The van der Waals surface area contributed by atoms with Crippen LogP contribution < -0.4 is 0 Å². The normalized spacial score (nSPS) is 25.2. The first-order valence-electron chi connectivity index (χ1n) is 6.71. The Balaban J connectivity index is 2.35. The number of nitrogens with zero attached hydrogens (tertiary/aromatic N) is 1. The van der Waals surface area contributed by atoms with Gasteiger partial charge in [0.15, 0.2) is 5.78 Å². The van der Waals surface area contributed by atoms with Crippen LogP contribution in [0.15, 0.2) is 18.2 Å². The van der Waals surface area contributed by atoms with E-state index in [0.29, 0.717) is 22.9 Å². The minimum atomic E-state index is -0.932. The largest absolute Gasteiger partial charge is 0.297 e. The molecule has 1 saturated carbocycles. The zero-order chi connectivity index (χ0) is 15.0. The van der Waals surface area contributed by atoms with Crippen LogP contribution in [0.1, 0.15) is 38.7 Å². The summed E-state index contributed by atoms with van der Waals surface area (Å²) in [5.74, 6) is 0.0461. The van der Waals surface area contributed by atoms with Crippen LogP contribution in [0.2, 0.25) is 10.0 Å². The van der Waals surface area contributed by atoms with E-state index in [2.05, 4.69) is 6.07 Å². The summed E-state index contributed by atoms with van der Waals surface area (Å²) in [6.45, 7) is 3.85. The molecule has 0 saturated heterocycles. The Morgan fingerprint density at radius 3 is 2.55 bits per heavy atom. The quantitative estimate of drug-likeness (QED) is 0.785. The van der Waals surface area contributed by atoms with Crippen LogP contribution in [0.3, 0.4) is 0 Å². The summed E-state index contributed by atoms with van der Waals surface area (Å²) < 4.78 is 0. The number of Topliss-reactive ketones (excluding diaryl/α,β-unsaturated/α-hetero) is 1. The Morgan fingerprint density at radius 1 is 1.25 bits per heavy atom. The lowest BCUT2D eigenvalue weighted by Crippen LogP contribution is -2.45. The molecule has 4 heteroatoms. The molecule has 0 radical (unpaired) electrons. The van der Waals surface area contributed by atoms with Gasteiger partial charge in [-0.25, -0.2) is 0 Å². The maximum Gasteiger partial charge on any atom is 0.158 e. The lowest BCUT2D eigenvalue weighted by Gasteiger charge is -2.39. The van der Waals surface area contributed by atoms with Crippen molar-refractivity contribution in [3.63, 3.8) is 0 Å². The molecular weight excluding hydrogens is 293 g/mol. The van der Waals surface area contributed by atoms with Gasteiger partial charge in [-0.15, -0.1) is 0 Å². The summed E-state index contributed by atoms with van der Waals surface area (Å²) in [6.07, 6.45) is 2.76. The first kappa shape index (κ1) is 15.4. The van der Waals surface area contributed by atoms with E-state index in [1.165, 1.54) is 0 Å². The standard InChI is InChI=1S/C16H17Cl2NO/c1-15(2)6-3-7-16(10-19,14(15)20)9-11-4-5-12(17)13(18)8-11/h4-5,8H,3,6-7,9H2,1-2H3. The Kier molecular flexibility index (Phi) is 4.14. The fraction of sp³-hybridized carbons (Fsp3) is 0.500. The van der Waals surface area contributed by atoms with Crippen molar-refractivity contribution in [3.8, 4) is 6.07 Å². The Bertz CT molecular complexity index is 589. The van der Waals surface area contributed by atoms with Crippen molar-refractivity contribution in [2.45, 2.75) is 39.5 Å². The third-order valence-electron chi connectivity index (χ3n) is 4.16. The molecular formula is C16H17Cl2NO. The van der Waals surface area contributed by atoms with E-state index < -0.39 is 10.8 Å². The van der Waals surface area contributed by atoms with Crippen LogP contribution in [-0.4, -0.2) is 5.78 Å². The van der Waals surface area contributed by atoms with E-state index >= 15 is 0 Å². The molecule has 1 aliphatic carbocycles. The third-order valence-corrected chi connectivity index (χ3v) is 4.90. The van der Waals surface area contributed by atoms with Gasteiger partial charge in [0, 0.05) is 5.41 Å². The van der Waals surface area contributed by atoms with Crippen molar-refractivity contribution in [1.82, 2.24) is 0 Å². The van der Waals surface area contributed by atoms with Crippen LogP contribution in [-0.2, 0) is 11.2 Å². The molecule has 1 aromatic carbocycles. The van der Waals surface area contributed by atoms with Gasteiger partial charge in [0.2, 0.25) is 0 Å². The molecule has 0 bridgehead atoms. The zero-order valence-corrected chi connectivity index (χ0v) is 13.2. The monoisotopic (exact) mass is 309 g/mol. The number of ketones is 1. The van der Waals surface area contributed by atoms with E-state index in [0.717, 1.165) is 18.4 Å². The van der Waals surface area contributed by atoms with E-state index in [-0.39, 0.29) is 5.78 Å². The molecule has 1 atom stereocenters. The molecule has 1 aliphatic rings. The highest BCUT2D eigenvalue weighted by molar-refractivity contribution is 6.42. The number of nitriles is 1. The maximum atomic E-state index is 12.7. The van der Waals surface area contributed by atoms with Gasteiger partial charge in [0.25, 0.3) is 0 Å². The number of rotatable bonds is 2. The van der Waals surface area contributed by atoms with Gasteiger partial charge >= 0.3 is 0 Å². The van der Waals surface area contributed by atoms with Gasteiger partial charge in [-0.2, -0.15) is 5.26 Å². The number of carbonyl (C=O) groups is 1. The average Bonchev–Trinajstić information content (AvgIpc) is 2.39. The van der Waals surface area contributed by atoms with E-state index in [1.54, 1.807) is 12.1 Å². The number of hydrogen-bond acceptors (Lipinski definition) is 2. The van der Waals surface area contributed by atoms with Crippen LogP contribution in [0, 0.1) is 22.2 Å². The first-order chi connectivity index (χ1) is 9.31. The summed E-state index contributed by atoms with van der Waals surface area (Å²) in [4.78, 5) is 12.7. The molecule has 106 valence electrons. The van der Waals surface area contributed by atoms with Crippen LogP contribution in [0.4, 0.5) is 0 Å². The Morgan fingerprint density at radius 2 is 1.95 bits per heavy atom. The predicted octanol–water partition coefficient (Wildman–Crippen LogP) is 4.83. The molecule has 0 aromatic heterocycles. The van der Waals surface area contributed by atoms with Crippen LogP contribution in [0.25, 0.3) is 0 Å². The SMILES string of the molecule is CC1(C)CCCC(C#N)(Cc2ccc(Cl)c(Cl)c2)C1=O. The van der Waals surface area contributed by atoms with Gasteiger partial charge < -0.3 is 0 Å². The molecule has 20 heavy (non-hydrogen) atoms. The minimum Gasteiger partial charge on any atom is -0.297 e. The lowest BCUT2D eigenvalue weighted by molar-refractivity contribution is -0.138. The zero-order valence-electron chi connectivity index (χ0n) is 11.7. The molecule has 0 N–H and O–H groups in total. The fourth-order valence-corrected chi connectivity index (χ4v) is 3.34. The minimum absolute atomic E-state index is 0.0461. The summed E-state index contributed by atoms with van der Waals surface area (Å²) >= 11 is 11.9. The fourth-order valence-electron chi connectivity index (χ4n) is 3.02. The van der Waals surface area contributed by atoms with Crippen molar-refractivity contribution in [2.75, 3.05) is 0 Å². The van der Waals surface area contributed by atoms with Crippen LogP contribution in [0.5, 0.6) is 0 Å². The molecule has 0 aliphatic heterocycles.